The van der Waals surface area contributed by atoms with Crippen LogP contribution in [0.25, 0.3) is 0 Å². The van der Waals surface area contributed by atoms with Gasteiger partial charge in [0.1, 0.15) is 5.01 Å². The molecule has 1 saturated heterocycles. The first-order valence-electron chi connectivity index (χ1n) is 8.74. The van der Waals surface area contributed by atoms with Gasteiger partial charge in [-0.25, -0.2) is 9.78 Å². The van der Waals surface area contributed by atoms with Gasteiger partial charge in [0.05, 0.1) is 13.2 Å². The van der Waals surface area contributed by atoms with Crippen LogP contribution in [0.2, 0.25) is 0 Å². The van der Waals surface area contributed by atoms with Gasteiger partial charge in [0.15, 0.2) is 0 Å². The summed E-state index contributed by atoms with van der Waals surface area (Å²) in [7, 11) is 1.65. The molecule has 1 aromatic heterocycles. The second kappa shape index (κ2) is 9.96. The maximum absolute atomic E-state index is 12.5. The van der Waals surface area contributed by atoms with Crippen LogP contribution in [0.15, 0.2) is 11.6 Å². The average molecular weight is 355 g/mol. The molecule has 2 heterocycles. The van der Waals surface area contributed by atoms with E-state index in [9.17, 15) is 4.79 Å². The molecule has 136 valence electrons. The van der Waals surface area contributed by atoms with Crippen molar-refractivity contribution in [1.29, 1.82) is 0 Å². The number of nitrogens with one attached hydrogen (secondary N) is 1. The van der Waals surface area contributed by atoms with Crippen LogP contribution in [0.5, 0.6) is 0 Å². The van der Waals surface area contributed by atoms with Crippen molar-refractivity contribution in [2.24, 2.45) is 5.92 Å². The van der Waals surface area contributed by atoms with E-state index in [1.165, 1.54) is 0 Å². The van der Waals surface area contributed by atoms with Crippen molar-refractivity contribution in [3.05, 3.63) is 16.6 Å². The highest BCUT2D eigenvalue weighted by Gasteiger charge is 2.22. The third kappa shape index (κ3) is 6.03. The number of ether oxygens (including phenoxy) is 1. The fourth-order valence-electron chi connectivity index (χ4n) is 2.97. The predicted octanol–water partition coefficient (Wildman–Crippen LogP) is 2.42. The zero-order chi connectivity index (χ0) is 17.4. The van der Waals surface area contributed by atoms with Gasteiger partial charge in [-0.3, -0.25) is 0 Å². The fraction of sp³-hybridized carbons (Fsp3) is 0.765. The van der Waals surface area contributed by atoms with Gasteiger partial charge < -0.3 is 19.9 Å². The zero-order valence-electron chi connectivity index (χ0n) is 15.0. The van der Waals surface area contributed by atoms with Crippen molar-refractivity contribution in [3.63, 3.8) is 0 Å². The quantitative estimate of drug-likeness (QED) is 0.779. The number of piperidine rings is 1. The maximum Gasteiger partial charge on any atom is 0.317 e. The number of amides is 2. The van der Waals surface area contributed by atoms with Crippen LogP contribution in [-0.2, 0) is 11.3 Å². The van der Waals surface area contributed by atoms with E-state index in [0.29, 0.717) is 31.7 Å². The Labute approximate surface area is 149 Å². The Morgan fingerprint density at radius 2 is 2.25 bits per heavy atom. The van der Waals surface area contributed by atoms with Crippen LogP contribution in [0.4, 0.5) is 4.79 Å². The van der Waals surface area contributed by atoms with E-state index in [4.69, 9.17) is 4.74 Å². The Kier molecular flexibility index (Phi) is 7.94. The lowest BCUT2D eigenvalue weighted by molar-refractivity contribution is 0.136. The van der Waals surface area contributed by atoms with Gasteiger partial charge in [0.25, 0.3) is 0 Å². The molecule has 24 heavy (non-hydrogen) atoms. The molecule has 2 rings (SSSR count). The van der Waals surface area contributed by atoms with E-state index in [2.05, 4.69) is 29.0 Å². The molecule has 1 aromatic rings. The first-order chi connectivity index (χ1) is 11.6. The minimum Gasteiger partial charge on any atom is -0.383 e. The Balaban J connectivity index is 1.77. The molecule has 0 spiro atoms. The van der Waals surface area contributed by atoms with Crippen LogP contribution < -0.4 is 5.32 Å². The van der Waals surface area contributed by atoms with Crippen molar-refractivity contribution in [1.82, 2.24) is 20.1 Å². The summed E-state index contributed by atoms with van der Waals surface area (Å²) in [5.41, 5.74) is 0. The fourth-order valence-corrected chi connectivity index (χ4v) is 3.60. The first-order valence-corrected chi connectivity index (χ1v) is 9.62. The molecule has 0 radical (unpaired) electrons. The zero-order valence-corrected chi connectivity index (χ0v) is 15.8. The van der Waals surface area contributed by atoms with E-state index < -0.39 is 0 Å². The van der Waals surface area contributed by atoms with Crippen molar-refractivity contribution in [3.8, 4) is 0 Å². The molecule has 1 aliphatic heterocycles. The molecule has 2 amide bonds. The van der Waals surface area contributed by atoms with E-state index in [-0.39, 0.29) is 6.03 Å². The Morgan fingerprint density at radius 1 is 1.50 bits per heavy atom. The van der Waals surface area contributed by atoms with Crippen LogP contribution in [-0.4, -0.2) is 66.8 Å². The Hall–Kier alpha value is -1.18. The molecular formula is C17H30N4O2S. The topological polar surface area (TPSA) is 57.7 Å². The molecule has 6 nitrogen and oxygen atoms in total. The second-order valence-corrected chi connectivity index (χ2v) is 7.58. The number of hydrogen-bond acceptors (Lipinski definition) is 5. The number of hydrogen-bond donors (Lipinski definition) is 1. The van der Waals surface area contributed by atoms with Crippen molar-refractivity contribution in [2.75, 3.05) is 39.9 Å². The molecular weight excluding hydrogens is 324 g/mol. The van der Waals surface area contributed by atoms with E-state index in [1.54, 1.807) is 29.5 Å². The van der Waals surface area contributed by atoms with Gasteiger partial charge in [-0.2, -0.15) is 0 Å². The summed E-state index contributed by atoms with van der Waals surface area (Å²) in [5.74, 6) is 0.577. The molecule has 0 saturated carbocycles. The number of urea groups is 1. The lowest BCUT2D eigenvalue weighted by atomic mass is 9.96. The monoisotopic (exact) mass is 354 g/mol. The third-order valence-corrected chi connectivity index (χ3v) is 5.35. The van der Waals surface area contributed by atoms with Crippen LogP contribution >= 0.6 is 11.3 Å². The lowest BCUT2D eigenvalue weighted by Crippen LogP contribution is -2.45. The molecule has 0 atom stereocenters. The first kappa shape index (κ1) is 19.1. The Morgan fingerprint density at radius 3 is 2.83 bits per heavy atom. The van der Waals surface area contributed by atoms with Gasteiger partial charge in [-0.05, 0) is 45.7 Å². The largest absolute Gasteiger partial charge is 0.383 e. The highest BCUT2D eigenvalue weighted by molar-refractivity contribution is 7.09. The summed E-state index contributed by atoms with van der Waals surface area (Å²) in [6.45, 7) is 9.16. The summed E-state index contributed by atoms with van der Waals surface area (Å²) >= 11 is 1.57. The van der Waals surface area contributed by atoms with Gasteiger partial charge in [-0.15, -0.1) is 11.3 Å². The van der Waals surface area contributed by atoms with E-state index in [1.807, 2.05) is 5.38 Å². The molecule has 1 fully saturated rings. The van der Waals surface area contributed by atoms with Crippen molar-refractivity contribution in [2.45, 2.75) is 39.3 Å². The Bertz CT molecular complexity index is 473. The number of likely N-dealkylation sites (tertiary alicyclic amines) is 1. The summed E-state index contributed by atoms with van der Waals surface area (Å²) in [6.07, 6.45) is 4.08. The minimum absolute atomic E-state index is 0.0199. The molecule has 0 aromatic carbocycles. The van der Waals surface area contributed by atoms with Crippen molar-refractivity contribution < 1.29 is 9.53 Å². The van der Waals surface area contributed by atoms with Gasteiger partial charge >= 0.3 is 6.03 Å². The number of carbonyl (C=O) groups excluding carboxylic acids is 1. The number of carbonyl (C=O) groups is 1. The SMILES string of the molecule is COCCN(Cc1nccs1)C(=O)NCC1CCN(C(C)C)CC1. The minimum atomic E-state index is -0.0199. The standard InChI is InChI=1S/C17H30N4O2S/c1-14(2)20-7-4-15(5-8-20)12-19-17(22)21(9-10-23-3)13-16-18-6-11-24-16/h6,11,14-15H,4-5,7-10,12-13H2,1-3H3,(H,19,22). The highest BCUT2D eigenvalue weighted by atomic mass is 32.1. The highest BCUT2D eigenvalue weighted by Crippen LogP contribution is 2.18. The average Bonchev–Trinajstić information content (AvgIpc) is 3.10. The molecule has 1 N–H and O–H groups in total. The van der Waals surface area contributed by atoms with Crippen molar-refractivity contribution >= 4 is 17.4 Å². The number of thiazole rings is 1. The van der Waals surface area contributed by atoms with E-state index >= 15 is 0 Å². The molecule has 7 heteroatoms. The lowest BCUT2D eigenvalue weighted by Gasteiger charge is -2.35. The molecule has 0 unspecified atom stereocenters. The second-order valence-electron chi connectivity index (χ2n) is 6.60. The molecule has 1 aliphatic rings. The van der Waals surface area contributed by atoms with Gasteiger partial charge in [0, 0.05) is 37.8 Å². The maximum atomic E-state index is 12.5. The smallest absolute Gasteiger partial charge is 0.317 e. The predicted molar refractivity (Wildman–Crippen MR) is 97.2 cm³/mol. The number of rotatable bonds is 8. The number of methoxy groups -OCH3 is 1. The van der Waals surface area contributed by atoms with Crippen LogP contribution in [0.1, 0.15) is 31.7 Å². The normalized spacial score (nSPS) is 16.5. The van der Waals surface area contributed by atoms with Crippen LogP contribution in [0.3, 0.4) is 0 Å². The van der Waals surface area contributed by atoms with E-state index in [0.717, 1.165) is 37.5 Å². The summed E-state index contributed by atoms with van der Waals surface area (Å²) in [5, 5.41) is 5.99. The summed E-state index contributed by atoms with van der Waals surface area (Å²) < 4.78 is 5.13. The summed E-state index contributed by atoms with van der Waals surface area (Å²) in [6, 6.07) is 0.594. The summed E-state index contributed by atoms with van der Waals surface area (Å²) in [4.78, 5) is 21.1. The van der Waals surface area contributed by atoms with Gasteiger partial charge in [0.2, 0.25) is 0 Å². The number of nitrogens with zero attached hydrogens (tertiary/aromatic N) is 3. The molecule has 0 bridgehead atoms. The third-order valence-electron chi connectivity index (χ3n) is 4.58. The number of aromatic nitrogens is 1. The molecule has 0 aliphatic carbocycles. The van der Waals surface area contributed by atoms with Gasteiger partial charge in [-0.1, -0.05) is 0 Å². The van der Waals surface area contributed by atoms with Crippen LogP contribution in [0, 0.1) is 5.92 Å².